The van der Waals surface area contributed by atoms with Crippen LogP contribution in [0.3, 0.4) is 0 Å². The number of likely N-dealkylation sites (tertiary alicyclic amines) is 1. The molecule has 2 aliphatic carbocycles. The van der Waals surface area contributed by atoms with Crippen LogP contribution >= 0.6 is 0 Å². The predicted octanol–water partition coefficient (Wildman–Crippen LogP) is 2.66. The quantitative estimate of drug-likeness (QED) is 0.663. The van der Waals surface area contributed by atoms with E-state index in [2.05, 4.69) is 35.3 Å². The summed E-state index contributed by atoms with van der Waals surface area (Å²) in [4.78, 5) is 7.26. The van der Waals surface area contributed by atoms with Gasteiger partial charge in [0.15, 0.2) is 5.96 Å². The summed E-state index contributed by atoms with van der Waals surface area (Å²) < 4.78 is 0. The molecule has 1 unspecified atom stereocenters. The maximum Gasteiger partial charge on any atom is 0.194 e. The average molecular weight is 327 g/mol. The van der Waals surface area contributed by atoms with Crippen molar-refractivity contribution in [3.8, 4) is 0 Å². The van der Waals surface area contributed by atoms with E-state index >= 15 is 0 Å². The smallest absolute Gasteiger partial charge is 0.194 e. The highest BCUT2D eigenvalue weighted by molar-refractivity contribution is 5.80. The lowest BCUT2D eigenvalue weighted by Crippen LogP contribution is -2.43. The van der Waals surface area contributed by atoms with Gasteiger partial charge in [0.1, 0.15) is 5.60 Å². The van der Waals surface area contributed by atoms with Gasteiger partial charge in [0.25, 0.3) is 0 Å². The van der Waals surface area contributed by atoms with Gasteiger partial charge in [-0.3, -0.25) is 0 Å². The number of nitrogens with zero attached hydrogens (tertiary/aromatic N) is 2. The van der Waals surface area contributed by atoms with Crippen LogP contribution < -0.4 is 5.32 Å². The highest BCUT2D eigenvalue weighted by Gasteiger charge is 2.44. The molecule has 4 rings (SSSR count). The number of aliphatic imine (C=N–C) groups is 1. The first-order chi connectivity index (χ1) is 11.6. The van der Waals surface area contributed by atoms with Gasteiger partial charge in [-0.15, -0.1) is 0 Å². The first-order valence-corrected chi connectivity index (χ1v) is 9.48. The number of fused-ring (bicyclic) bond motifs is 1. The molecular weight excluding hydrogens is 298 g/mol. The zero-order chi connectivity index (χ0) is 16.6. The summed E-state index contributed by atoms with van der Waals surface area (Å²) in [7, 11) is 0. The molecular formula is C20H29N3O. The van der Waals surface area contributed by atoms with Crippen molar-refractivity contribution in [1.29, 1.82) is 0 Å². The van der Waals surface area contributed by atoms with Crippen LogP contribution in [-0.4, -0.2) is 42.1 Å². The fourth-order valence-corrected chi connectivity index (χ4v) is 4.66. The van der Waals surface area contributed by atoms with Gasteiger partial charge in [-0.2, -0.15) is 0 Å². The summed E-state index contributed by atoms with van der Waals surface area (Å²) in [5, 5.41) is 14.6. The Bertz CT molecular complexity index is 638. The van der Waals surface area contributed by atoms with Crippen LogP contribution in [0.15, 0.2) is 29.3 Å². The van der Waals surface area contributed by atoms with Crippen LogP contribution in [0, 0.1) is 5.41 Å². The zero-order valence-corrected chi connectivity index (χ0v) is 14.7. The van der Waals surface area contributed by atoms with Crippen molar-refractivity contribution in [3.63, 3.8) is 0 Å². The number of rotatable bonds is 3. The Hall–Kier alpha value is -1.55. The summed E-state index contributed by atoms with van der Waals surface area (Å²) in [5.41, 5.74) is 2.11. The van der Waals surface area contributed by atoms with Crippen molar-refractivity contribution in [3.05, 3.63) is 35.4 Å². The fourth-order valence-electron chi connectivity index (χ4n) is 4.66. The number of benzene rings is 1. The molecule has 4 heteroatoms. The Balaban J connectivity index is 1.50. The molecule has 0 radical (unpaired) electrons. The molecule has 1 aromatic carbocycles. The molecule has 24 heavy (non-hydrogen) atoms. The fraction of sp³-hybridized carbons (Fsp3) is 0.650. The molecule has 0 bridgehead atoms. The predicted molar refractivity (Wildman–Crippen MR) is 97.1 cm³/mol. The van der Waals surface area contributed by atoms with Crippen LogP contribution in [0.5, 0.6) is 0 Å². The van der Waals surface area contributed by atoms with E-state index < -0.39 is 5.60 Å². The van der Waals surface area contributed by atoms with Gasteiger partial charge >= 0.3 is 0 Å². The van der Waals surface area contributed by atoms with Gasteiger partial charge in [-0.05, 0) is 55.6 Å². The minimum atomic E-state index is -0.800. The van der Waals surface area contributed by atoms with Crippen LogP contribution in [0.1, 0.15) is 50.2 Å². The molecule has 0 aromatic heterocycles. The van der Waals surface area contributed by atoms with E-state index in [1.807, 2.05) is 6.07 Å². The minimum Gasteiger partial charge on any atom is -0.383 e. The van der Waals surface area contributed by atoms with Crippen molar-refractivity contribution >= 4 is 5.96 Å². The van der Waals surface area contributed by atoms with Gasteiger partial charge in [0.2, 0.25) is 0 Å². The molecule has 2 fully saturated rings. The minimum absolute atomic E-state index is 0.454. The monoisotopic (exact) mass is 327 g/mol. The molecule has 130 valence electrons. The Labute approximate surface area is 145 Å². The van der Waals surface area contributed by atoms with E-state index in [4.69, 9.17) is 4.99 Å². The lowest BCUT2D eigenvalue weighted by Gasteiger charge is -2.38. The third-order valence-electron chi connectivity index (χ3n) is 6.30. The van der Waals surface area contributed by atoms with Crippen molar-refractivity contribution in [2.75, 3.05) is 26.2 Å². The average Bonchev–Trinajstić information content (AvgIpc) is 3.15. The number of hydrogen-bond donors (Lipinski definition) is 2. The van der Waals surface area contributed by atoms with Gasteiger partial charge in [0, 0.05) is 19.6 Å². The topological polar surface area (TPSA) is 47.9 Å². The summed E-state index contributed by atoms with van der Waals surface area (Å²) in [6.45, 7) is 5.67. The Morgan fingerprint density at radius 2 is 2.08 bits per heavy atom. The molecule has 4 nitrogen and oxygen atoms in total. The second-order valence-corrected chi connectivity index (χ2v) is 7.88. The molecule has 1 aromatic rings. The SMILES string of the molecule is CCNC(=NCC1(O)CCc2ccccc21)N1CCC2(CCC2)C1. The van der Waals surface area contributed by atoms with E-state index in [-0.39, 0.29) is 0 Å². The maximum atomic E-state index is 11.1. The van der Waals surface area contributed by atoms with E-state index in [0.29, 0.717) is 12.0 Å². The van der Waals surface area contributed by atoms with Crippen LogP contribution in [0.2, 0.25) is 0 Å². The molecule has 0 amide bonds. The second kappa shape index (κ2) is 6.07. The van der Waals surface area contributed by atoms with Gasteiger partial charge in [0.05, 0.1) is 6.54 Å². The van der Waals surface area contributed by atoms with E-state index in [0.717, 1.165) is 44.0 Å². The Morgan fingerprint density at radius 1 is 1.25 bits per heavy atom. The standard InChI is InChI=1S/C20H29N3O/c1-2-21-18(23-13-12-19(15-23)9-5-10-19)22-14-20(24)11-8-16-6-3-4-7-17(16)20/h3-4,6-7,24H,2,5,8-15H2,1H3,(H,21,22). The molecule has 1 heterocycles. The van der Waals surface area contributed by atoms with Crippen molar-refractivity contribution in [2.45, 2.75) is 51.0 Å². The molecule has 1 aliphatic heterocycles. The van der Waals surface area contributed by atoms with Crippen LogP contribution in [0.4, 0.5) is 0 Å². The van der Waals surface area contributed by atoms with E-state index in [1.165, 1.54) is 31.2 Å². The summed E-state index contributed by atoms with van der Waals surface area (Å²) in [6.07, 6.45) is 7.16. The van der Waals surface area contributed by atoms with Crippen LogP contribution in [-0.2, 0) is 12.0 Å². The van der Waals surface area contributed by atoms with Crippen LogP contribution in [0.25, 0.3) is 0 Å². The van der Waals surface area contributed by atoms with Crippen molar-refractivity contribution in [1.82, 2.24) is 10.2 Å². The number of guanidine groups is 1. The molecule has 2 N–H and O–H groups in total. The largest absolute Gasteiger partial charge is 0.383 e. The normalized spacial score (nSPS) is 28.1. The summed E-state index contributed by atoms with van der Waals surface area (Å²) >= 11 is 0. The first kappa shape index (κ1) is 15.9. The molecule has 1 spiro atoms. The third-order valence-corrected chi connectivity index (χ3v) is 6.30. The molecule has 1 saturated heterocycles. The highest BCUT2D eigenvalue weighted by Crippen LogP contribution is 2.48. The third kappa shape index (κ3) is 2.71. The van der Waals surface area contributed by atoms with Gasteiger partial charge in [-0.25, -0.2) is 4.99 Å². The van der Waals surface area contributed by atoms with E-state index in [9.17, 15) is 5.11 Å². The number of aliphatic hydroxyl groups is 1. The van der Waals surface area contributed by atoms with Gasteiger partial charge < -0.3 is 15.3 Å². The maximum absolute atomic E-state index is 11.1. The highest BCUT2D eigenvalue weighted by atomic mass is 16.3. The first-order valence-electron chi connectivity index (χ1n) is 9.48. The number of aryl methyl sites for hydroxylation is 1. The summed E-state index contributed by atoms with van der Waals surface area (Å²) in [5.74, 6) is 0.985. The molecule has 1 atom stereocenters. The summed E-state index contributed by atoms with van der Waals surface area (Å²) in [6, 6.07) is 8.26. The zero-order valence-electron chi connectivity index (χ0n) is 14.7. The van der Waals surface area contributed by atoms with E-state index in [1.54, 1.807) is 0 Å². The molecule has 3 aliphatic rings. The van der Waals surface area contributed by atoms with Gasteiger partial charge in [-0.1, -0.05) is 30.7 Å². The number of nitrogens with one attached hydrogen (secondary N) is 1. The van der Waals surface area contributed by atoms with Crippen molar-refractivity contribution in [2.24, 2.45) is 10.4 Å². The van der Waals surface area contributed by atoms with Crippen molar-refractivity contribution < 1.29 is 5.11 Å². The lowest BCUT2D eigenvalue weighted by molar-refractivity contribution is 0.0483. The number of hydrogen-bond acceptors (Lipinski definition) is 2. The Kier molecular flexibility index (Phi) is 4.03. The Morgan fingerprint density at radius 3 is 2.79 bits per heavy atom. The lowest BCUT2D eigenvalue weighted by atomic mass is 9.68. The second-order valence-electron chi connectivity index (χ2n) is 7.88. The molecule has 1 saturated carbocycles.